The van der Waals surface area contributed by atoms with Crippen LogP contribution in [0.1, 0.15) is 77.9 Å². The van der Waals surface area contributed by atoms with E-state index in [0.29, 0.717) is 29.5 Å². The first-order chi connectivity index (χ1) is 15.7. The van der Waals surface area contributed by atoms with E-state index in [4.69, 9.17) is 4.65 Å². The van der Waals surface area contributed by atoms with E-state index in [1.807, 2.05) is 18.2 Å². The first kappa shape index (κ1) is 25.0. The van der Waals surface area contributed by atoms with Crippen LogP contribution in [0.5, 0.6) is 5.75 Å². The molecule has 1 aliphatic rings. The highest BCUT2D eigenvalue weighted by atomic mass is 16.5. The minimum Gasteiger partial charge on any atom is -0.535 e. The van der Waals surface area contributed by atoms with Gasteiger partial charge in [-0.3, -0.25) is 4.79 Å². The summed E-state index contributed by atoms with van der Waals surface area (Å²) in [5, 5.41) is 23.3. The molecule has 3 rings (SSSR count). The molecular weight excluding hydrogens is 417 g/mol. The number of aromatic carboxylic acids is 1. The van der Waals surface area contributed by atoms with Crippen molar-refractivity contribution in [1.29, 1.82) is 0 Å². The summed E-state index contributed by atoms with van der Waals surface area (Å²) in [4.78, 5) is 24.6. The average Bonchev–Trinajstić information content (AvgIpc) is 2.76. The minimum atomic E-state index is -1.23. The second-order valence-corrected chi connectivity index (χ2v) is 9.65. The van der Waals surface area contributed by atoms with E-state index in [9.17, 15) is 19.7 Å². The monoisotopic (exact) mass is 451 g/mol. The Kier molecular flexibility index (Phi) is 8.32. The maximum absolute atomic E-state index is 13.1. The van der Waals surface area contributed by atoms with Crippen molar-refractivity contribution in [3.05, 3.63) is 64.2 Å². The Bertz CT molecular complexity index is 1000. The van der Waals surface area contributed by atoms with Crippen LogP contribution in [0, 0.1) is 5.92 Å². The lowest BCUT2D eigenvalue weighted by atomic mass is 9.64. The van der Waals surface area contributed by atoms with Crippen LogP contribution in [0.15, 0.2) is 36.4 Å². The lowest BCUT2D eigenvalue weighted by molar-refractivity contribution is 0.0693. The highest BCUT2D eigenvalue weighted by Crippen LogP contribution is 2.36. The molecule has 0 saturated carbocycles. The molecule has 6 nitrogen and oxygen atoms in total. The van der Waals surface area contributed by atoms with Crippen LogP contribution >= 0.6 is 0 Å². The van der Waals surface area contributed by atoms with E-state index < -0.39 is 18.9 Å². The fraction of sp³-hybridized carbons (Fsp3) is 0.462. The molecule has 0 amide bonds. The SMILES string of the molecule is CC(C)CCc1cc(C(=O)C[C@H]2Cc3cccc(C(=O)O)c3OB2O)ccc1CNC(C)C. The van der Waals surface area contributed by atoms with Crippen molar-refractivity contribution in [2.24, 2.45) is 5.92 Å². The number of carbonyl (C=O) groups excluding carboxylic acids is 1. The summed E-state index contributed by atoms with van der Waals surface area (Å²) in [7, 11) is -1.23. The number of hydrogen-bond donors (Lipinski definition) is 3. The number of fused-ring (bicyclic) bond motifs is 1. The lowest BCUT2D eigenvalue weighted by Crippen LogP contribution is -2.35. The Balaban J connectivity index is 1.77. The molecule has 0 aromatic heterocycles. The molecule has 33 heavy (non-hydrogen) atoms. The molecule has 0 fully saturated rings. The fourth-order valence-corrected chi connectivity index (χ4v) is 4.15. The van der Waals surface area contributed by atoms with Gasteiger partial charge in [0.2, 0.25) is 0 Å². The van der Waals surface area contributed by atoms with Gasteiger partial charge in [-0.2, -0.15) is 0 Å². The van der Waals surface area contributed by atoms with Gasteiger partial charge in [0, 0.05) is 30.4 Å². The molecule has 0 saturated heterocycles. The summed E-state index contributed by atoms with van der Waals surface area (Å²) < 4.78 is 5.55. The van der Waals surface area contributed by atoms with Gasteiger partial charge in [-0.25, -0.2) is 4.79 Å². The minimum absolute atomic E-state index is 0.0247. The zero-order chi connectivity index (χ0) is 24.1. The summed E-state index contributed by atoms with van der Waals surface area (Å²) in [5.74, 6) is -0.820. The smallest absolute Gasteiger partial charge is 0.526 e. The molecule has 0 aliphatic carbocycles. The number of rotatable bonds is 10. The molecule has 7 heteroatoms. The van der Waals surface area contributed by atoms with Crippen molar-refractivity contribution in [3.8, 4) is 5.75 Å². The number of carboxylic acids is 1. The summed E-state index contributed by atoms with van der Waals surface area (Å²) in [6.07, 6.45) is 2.48. The number of carbonyl (C=O) groups is 2. The van der Waals surface area contributed by atoms with Crippen LogP contribution in [0.4, 0.5) is 0 Å². The normalized spacial score (nSPS) is 15.5. The van der Waals surface area contributed by atoms with Crippen LogP contribution in [0.3, 0.4) is 0 Å². The standard InChI is InChI=1S/C26H34BNO5/c1-16(2)8-9-18-12-19(10-11-21(18)15-28-17(3)4)24(29)14-22-13-20-6-5-7-23(26(30)31)25(20)33-27(22)32/h5-7,10-12,16-17,22,28,32H,8-9,13-15H2,1-4H3,(H,30,31)/t22-/m1/s1. The molecule has 176 valence electrons. The van der Waals surface area contributed by atoms with Gasteiger partial charge in [0.1, 0.15) is 5.75 Å². The second-order valence-electron chi connectivity index (χ2n) is 9.65. The number of benzene rings is 2. The quantitative estimate of drug-likeness (QED) is 0.363. The van der Waals surface area contributed by atoms with Crippen LogP contribution < -0.4 is 9.97 Å². The van der Waals surface area contributed by atoms with E-state index in [0.717, 1.165) is 19.4 Å². The predicted octanol–water partition coefficient (Wildman–Crippen LogP) is 4.53. The number of hydrogen-bond acceptors (Lipinski definition) is 5. The van der Waals surface area contributed by atoms with E-state index in [-0.39, 0.29) is 23.5 Å². The van der Waals surface area contributed by atoms with Crippen molar-refractivity contribution in [2.45, 2.75) is 71.8 Å². The first-order valence-electron chi connectivity index (χ1n) is 11.7. The molecule has 0 unspecified atom stereocenters. The van der Waals surface area contributed by atoms with Gasteiger partial charge in [-0.15, -0.1) is 0 Å². The van der Waals surface area contributed by atoms with Gasteiger partial charge in [-0.05, 0) is 54.0 Å². The summed E-state index contributed by atoms with van der Waals surface area (Å²) in [6, 6.07) is 11.2. The van der Waals surface area contributed by atoms with Crippen LogP contribution in [0.2, 0.25) is 5.82 Å². The van der Waals surface area contributed by atoms with Gasteiger partial charge in [0.15, 0.2) is 5.78 Å². The molecule has 0 spiro atoms. The molecule has 1 heterocycles. The van der Waals surface area contributed by atoms with E-state index >= 15 is 0 Å². The third-order valence-corrected chi connectivity index (χ3v) is 6.12. The molecule has 2 aromatic rings. The predicted molar refractivity (Wildman–Crippen MR) is 130 cm³/mol. The third kappa shape index (κ3) is 6.46. The van der Waals surface area contributed by atoms with Crippen LogP contribution in [-0.4, -0.2) is 35.0 Å². The van der Waals surface area contributed by atoms with Crippen LogP contribution in [-0.2, 0) is 19.4 Å². The summed E-state index contributed by atoms with van der Waals surface area (Å²) in [6.45, 7) is 9.37. The van der Waals surface area contributed by atoms with Crippen LogP contribution in [0.25, 0.3) is 0 Å². The zero-order valence-corrected chi connectivity index (χ0v) is 19.9. The Labute approximate surface area is 196 Å². The maximum Gasteiger partial charge on any atom is 0.526 e. The first-order valence-corrected chi connectivity index (χ1v) is 11.7. The maximum atomic E-state index is 13.1. The Morgan fingerprint density at radius 3 is 2.58 bits per heavy atom. The van der Waals surface area contributed by atoms with Crippen molar-refractivity contribution in [2.75, 3.05) is 0 Å². The average molecular weight is 451 g/mol. The van der Waals surface area contributed by atoms with Gasteiger partial charge < -0.3 is 20.1 Å². The van der Waals surface area contributed by atoms with Crippen molar-refractivity contribution in [3.63, 3.8) is 0 Å². The van der Waals surface area contributed by atoms with Crippen molar-refractivity contribution < 1.29 is 24.4 Å². The Morgan fingerprint density at radius 2 is 1.91 bits per heavy atom. The summed E-state index contributed by atoms with van der Waals surface area (Å²) >= 11 is 0. The van der Waals surface area contributed by atoms with E-state index in [1.165, 1.54) is 17.2 Å². The van der Waals surface area contributed by atoms with Crippen molar-refractivity contribution >= 4 is 18.9 Å². The highest BCUT2D eigenvalue weighted by molar-refractivity contribution is 6.47. The number of aryl methyl sites for hydroxylation is 1. The molecule has 1 atom stereocenters. The summed E-state index contributed by atoms with van der Waals surface area (Å²) in [5.41, 5.74) is 3.75. The number of Topliss-reactive ketones (excluding diaryl/α,β-unsaturated/α-hetero) is 1. The Hall–Kier alpha value is -2.64. The van der Waals surface area contributed by atoms with E-state index in [1.54, 1.807) is 12.1 Å². The number of carboxylic acid groups (broad SMARTS) is 1. The second kappa shape index (κ2) is 11.0. The zero-order valence-electron chi connectivity index (χ0n) is 19.9. The van der Waals surface area contributed by atoms with Crippen molar-refractivity contribution in [1.82, 2.24) is 5.32 Å². The highest BCUT2D eigenvalue weighted by Gasteiger charge is 2.38. The van der Waals surface area contributed by atoms with Gasteiger partial charge in [0.05, 0.1) is 5.56 Å². The molecular formula is C26H34BNO5. The molecule has 2 aromatic carbocycles. The molecule has 0 radical (unpaired) electrons. The van der Waals surface area contributed by atoms with Gasteiger partial charge >= 0.3 is 13.1 Å². The number of ketones is 1. The number of para-hydroxylation sites is 1. The number of nitrogens with one attached hydrogen (secondary N) is 1. The van der Waals surface area contributed by atoms with Gasteiger partial charge in [0.25, 0.3) is 0 Å². The molecule has 3 N–H and O–H groups in total. The Morgan fingerprint density at radius 1 is 1.15 bits per heavy atom. The molecule has 1 aliphatic heterocycles. The fourth-order valence-electron chi connectivity index (χ4n) is 4.15. The van der Waals surface area contributed by atoms with Gasteiger partial charge in [-0.1, -0.05) is 52.0 Å². The largest absolute Gasteiger partial charge is 0.535 e. The molecule has 0 bridgehead atoms. The third-order valence-electron chi connectivity index (χ3n) is 6.12. The lowest BCUT2D eigenvalue weighted by Gasteiger charge is -2.28. The topological polar surface area (TPSA) is 95.9 Å². The van der Waals surface area contributed by atoms with E-state index in [2.05, 4.69) is 33.0 Å².